The van der Waals surface area contributed by atoms with Crippen molar-refractivity contribution in [2.45, 2.75) is 24.7 Å². The number of aryl methyl sites for hydroxylation is 1. The van der Waals surface area contributed by atoms with Crippen molar-refractivity contribution in [3.05, 3.63) is 65.3 Å². The number of nitrogens with zero attached hydrogens (tertiary/aromatic N) is 1. The number of hydrogen-bond acceptors (Lipinski definition) is 4. The molecule has 0 bridgehead atoms. The minimum atomic E-state index is -0.277. The number of carbonyl (C=O) groups excluding carboxylic acids is 1. The Hall–Kier alpha value is -2.18. The summed E-state index contributed by atoms with van der Waals surface area (Å²) in [5.74, 6) is 0.588. The lowest BCUT2D eigenvalue weighted by molar-refractivity contribution is -0.116. The number of carbonyl (C=O) groups is 1. The van der Waals surface area contributed by atoms with Gasteiger partial charge in [0.25, 0.3) is 0 Å². The molecule has 0 saturated heterocycles. The van der Waals surface area contributed by atoms with E-state index >= 15 is 0 Å². The Bertz CT molecular complexity index is 860. The fourth-order valence-electron chi connectivity index (χ4n) is 2.32. The zero-order chi connectivity index (χ0) is 18.4. The minimum absolute atomic E-state index is 0.0329. The Morgan fingerprint density at radius 2 is 1.88 bits per heavy atom. The molecular formula is C20H19FN2OS2. The van der Waals surface area contributed by atoms with Gasteiger partial charge in [0.1, 0.15) is 5.82 Å². The fraction of sp³-hybridized carbons (Fsp3) is 0.200. The van der Waals surface area contributed by atoms with Crippen LogP contribution in [0.15, 0.2) is 58.8 Å². The third kappa shape index (κ3) is 5.41. The average molecular weight is 387 g/mol. The molecule has 1 aromatic heterocycles. The van der Waals surface area contributed by atoms with E-state index in [0.29, 0.717) is 11.6 Å². The average Bonchev–Trinajstić information content (AvgIpc) is 3.09. The minimum Gasteiger partial charge on any atom is -0.302 e. The molecule has 3 aromatic rings. The summed E-state index contributed by atoms with van der Waals surface area (Å²) < 4.78 is 13.0. The number of aromatic nitrogens is 1. The molecule has 0 aliphatic heterocycles. The van der Waals surface area contributed by atoms with Gasteiger partial charge >= 0.3 is 0 Å². The molecule has 3 rings (SSSR count). The molecule has 1 N–H and O–H groups in total. The monoisotopic (exact) mass is 386 g/mol. The second kappa shape index (κ2) is 8.96. The van der Waals surface area contributed by atoms with Crippen LogP contribution in [0.1, 0.15) is 18.4 Å². The summed E-state index contributed by atoms with van der Waals surface area (Å²) >= 11 is 3.13. The summed E-state index contributed by atoms with van der Waals surface area (Å²) in [6, 6.07) is 14.6. The van der Waals surface area contributed by atoms with Crippen LogP contribution in [0.5, 0.6) is 0 Å². The first-order valence-electron chi connectivity index (χ1n) is 8.31. The zero-order valence-electron chi connectivity index (χ0n) is 14.4. The number of thiazole rings is 1. The van der Waals surface area contributed by atoms with Crippen molar-refractivity contribution < 1.29 is 9.18 Å². The molecule has 2 aromatic carbocycles. The van der Waals surface area contributed by atoms with E-state index in [0.717, 1.165) is 23.4 Å². The molecule has 134 valence electrons. The normalized spacial score (nSPS) is 10.7. The lowest BCUT2D eigenvalue weighted by Crippen LogP contribution is -2.11. The summed E-state index contributed by atoms with van der Waals surface area (Å²) in [4.78, 5) is 17.7. The molecular weight excluding hydrogens is 367 g/mol. The molecule has 3 nitrogen and oxygen atoms in total. The molecule has 0 spiro atoms. The summed E-state index contributed by atoms with van der Waals surface area (Å²) in [6.45, 7) is 2.07. The number of anilines is 1. The molecule has 26 heavy (non-hydrogen) atoms. The molecule has 0 aliphatic rings. The Morgan fingerprint density at radius 3 is 2.62 bits per heavy atom. The second-order valence-corrected chi connectivity index (χ2v) is 7.88. The quantitative estimate of drug-likeness (QED) is 0.414. The first-order valence-corrected chi connectivity index (χ1v) is 10.2. The van der Waals surface area contributed by atoms with Crippen molar-refractivity contribution in [1.29, 1.82) is 0 Å². The summed E-state index contributed by atoms with van der Waals surface area (Å²) in [7, 11) is 0. The number of halogens is 1. The third-order valence-corrected chi connectivity index (χ3v) is 5.58. The van der Waals surface area contributed by atoms with Crippen LogP contribution in [-0.4, -0.2) is 16.6 Å². The Balaban J connectivity index is 1.43. The predicted octanol–water partition coefficient (Wildman–Crippen LogP) is 5.77. The standard InChI is InChI=1S/C20H19FN2OS2/c1-14-4-10-17(11-5-14)25-12-2-3-19(24)23-20-22-18(13-26-20)15-6-8-16(21)9-7-15/h4-11,13H,2-3,12H2,1H3,(H,22,23,24). The van der Waals surface area contributed by atoms with E-state index in [2.05, 4.69) is 41.5 Å². The summed E-state index contributed by atoms with van der Waals surface area (Å²) in [5, 5.41) is 5.26. The van der Waals surface area contributed by atoms with Gasteiger partial charge in [-0.05, 0) is 55.5 Å². The van der Waals surface area contributed by atoms with Gasteiger partial charge in [-0.25, -0.2) is 9.37 Å². The number of nitrogens with one attached hydrogen (secondary N) is 1. The maximum absolute atomic E-state index is 13.0. The Morgan fingerprint density at radius 1 is 1.15 bits per heavy atom. The van der Waals surface area contributed by atoms with Gasteiger partial charge < -0.3 is 5.32 Å². The van der Waals surface area contributed by atoms with Crippen molar-refractivity contribution in [3.8, 4) is 11.3 Å². The van der Waals surface area contributed by atoms with Gasteiger partial charge in [0, 0.05) is 22.3 Å². The van der Waals surface area contributed by atoms with E-state index in [1.165, 1.54) is 33.9 Å². The molecule has 0 unspecified atom stereocenters. The zero-order valence-corrected chi connectivity index (χ0v) is 16.0. The van der Waals surface area contributed by atoms with Crippen molar-refractivity contribution >= 4 is 34.1 Å². The molecule has 1 amide bonds. The summed E-state index contributed by atoms with van der Waals surface area (Å²) in [6.07, 6.45) is 1.27. The largest absolute Gasteiger partial charge is 0.302 e. The van der Waals surface area contributed by atoms with Crippen molar-refractivity contribution in [2.24, 2.45) is 0 Å². The van der Waals surface area contributed by atoms with Crippen LogP contribution in [0.25, 0.3) is 11.3 Å². The number of amides is 1. The van der Waals surface area contributed by atoms with Gasteiger partial charge in [0.15, 0.2) is 5.13 Å². The van der Waals surface area contributed by atoms with E-state index in [4.69, 9.17) is 0 Å². The molecule has 6 heteroatoms. The number of benzene rings is 2. The fourth-order valence-corrected chi connectivity index (χ4v) is 3.91. The van der Waals surface area contributed by atoms with E-state index < -0.39 is 0 Å². The lowest BCUT2D eigenvalue weighted by atomic mass is 10.2. The van der Waals surface area contributed by atoms with E-state index in [-0.39, 0.29) is 11.7 Å². The number of rotatable bonds is 7. The molecule has 0 saturated carbocycles. The molecule has 0 radical (unpaired) electrons. The van der Waals surface area contributed by atoms with Crippen LogP contribution in [0.3, 0.4) is 0 Å². The highest BCUT2D eigenvalue weighted by molar-refractivity contribution is 7.99. The predicted molar refractivity (Wildman–Crippen MR) is 107 cm³/mol. The van der Waals surface area contributed by atoms with Crippen LogP contribution in [-0.2, 0) is 4.79 Å². The Kier molecular flexibility index (Phi) is 6.41. The van der Waals surface area contributed by atoms with E-state index in [1.54, 1.807) is 23.9 Å². The summed E-state index contributed by atoms with van der Waals surface area (Å²) in [5.41, 5.74) is 2.81. The first-order chi connectivity index (χ1) is 12.6. The Labute approximate surface area is 160 Å². The number of thioether (sulfide) groups is 1. The van der Waals surface area contributed by atoms with Crippen LogP contribution in [0.4, 0.5) is 9.52 Å². The van der Waals surface area contributed by atoms with Crippen LogP contribution >= 0.6 is 23.1 Å². The van der Waals surface area contributed by atoms with Gasteiger partial charge in [-0.15, -0.1) is 23.1 Å². The van der Waals surface area contributed by atoms with Crippen LogP contribution in [0.2, 0.25) is 0 Å². The van der Waals surface area contributed by atoms with Crippen molar-refractivity contribution in [2.75, 3.05) is 11.1 Å². The molecule has 0 fully saturated rings. The highest BCUT2D eigenvalue weighted by Crippen LogP contribution is 2.25. The first kappa shape index (κ1) is 18.6. The smallest absolute Gasteiger partial charge is 0.226 e. The SMILES string of the molecule is Cc1ccc(SCCCC(=O)Nc2nc(-c3ccc(F)cc3)cs2)cc1. The highest BCUT2D eigenvalue weighted by atomic mass is 32.2. The van der Waals surface area contributed by atoms with Crippen molar-refractivity contribution in [1.82, 2.24) is 4.98 Å². The van der Waals surface area contributed by atoms with Crippen molar-refractivity contribution in [3.63, 3.8) is 0 Å². The molecule has 0 aliphatic carbocycles. The third-order valence-electron chi connectivity index (χ3n) is 3.73. The van der Waals surface area contributed by atoms with Gasteiger partial charge in [-0.1, -0.05) is 17.7 Å². The highest BCUT2D eigenvalue weighted by Gasteiger charge is 2.08. The second-order valence-electron chi connectivity index (χ2n) is 5.86. The topological polar surface area (TPSA) is 42.0 Å². The van der Waals surface area contributed by atoms with Crippen LogP contribution in [0, 0.1) is 12.7 Å². The number of hydrogen-bond donors (Lipinski definition) is 1. The van der Waals surface area contributed by atoms with Gasteiger partial charge in [0.05, 0.1) is 5.69 Å². The lowest BCUT2D eigenvalue weighted by Gasteiger charge is -2.03. The van der Waals surface area contributed by atoms with E-state index in [1.807, 2.05) is 5.38 Å². The van der Waals surface area contributed by atoms with E-state index in [9.17, 15) is 9.18 Å². The maximum Gasteiger partial charge on any atom is 0.226 e. The van der Waals surface area contributed by atoms with Gasteiger partial charge in [-0.3, -0.25) is 4.79 Å². The maximum atomic E-state index is 13.0. The molecule has 0 atom stereocenters. The van der Waals surface area contributed by atoms with Crippen LogP contribution < -0.4 is 5.32 Å². The van der Waals surface area contributed by atoms with Gasteiger partial charge in [-0.2, -0.15) is 0 Å². The van der Waals surface area contributed by atoms with Gasteiger partial charge in [0.2, 0.25) is 5.91 Å². The molecule has 1 heterocycles.